The molecule has 0 radical (unpaired) electrons. The van der Waals surface area contributed by atoms with Gasteiger partial charge in [0, 0.05) is 58.4 Å². The molecule has 1 saturated heterocycles. The quantitative estimate of drug-likeness (QED) is 0.668. The number of ether oxygens (including phenoxy) is 1. The maximum atomic E-state index is 12.9. The van der Waals surface area contributed by atoms with Crippen molar-refractivity contribution in [3.63, 3.8) is 0 Å². The van der Waals surface area contributed by atoms with Gasteiger partial charge in [-0.2, -0.15) is 4.31 Å². The summed E-state index contributed by atoms with van der Waals surface area (Å²) in [5, 5.41) is 0.0256. The van der Waals surface area contributed by atoms with Crippen LogP contribution >= 0.6 is 0 Å². The first-order valence-electron chi connectivity index (χ1n) is 9.07. The second-order valence-corrected chi connectivity index (χ2v) is 8.74. The van der Waals surface area contributed by atoms with E-state index in [1.807, 2.05) is 12.1 Å². The number of piperidine rings is 1. The van der Waals surface area contributed by atoms with Crippen molar-refractivity contribution in [2.75, 3.05) is 26.8 Å². The van der Waals surface area contributed by atoms with E-state index in [9.17, 15) is 13.2 Å². The molecule has 1 amide bonds. The molecule has 1 aliphatic rings. The van der Waals surface area contributed by atoms with E-state index in [-0.39, 0.29) is 30.1 Å². The van der Waals surface area contributed by atoms with Gasteiger partial charge in [0.15, 0.2) is 5.03 Å². The lowest BCUT2D eigenvalue weighted by molar-refractivity contribution is -0.139. The first kappa shape index (κ1) is 20.4. The molecule has 9 nitrogen and oxygen atoms in total. The number of imidazole rings is 1. The number of aromatic nitrogens is 3. The van der Waals surface area contributed by atoms with Crippen LogP contribution in [0, 0.1) is 0 Å². The number of nitrogens with zero attached hydrogens (tertiary/aromatic N) is 5. The van der Waals surface area contributed by atoms with Crippen LogP contribution in [0.5, 0.6) is 0 Å². The fourth-order valence-corrected chi connectivity index (χ4v) is 4.85. The van der Waals surface area contributed by atoms with Gasteiger partial charge < -0.3 is 14.2 Å². The van der Waals surface area contributed by atoms with Crippen molar-refractivity contribution in [3.8, 4) is 0 Å². The van der Waals surface area contributed by atoms with Gasteiger partial charge in [-0.3, -0.25) is 9.78 Å². The molecule has 3 heterocycles. The molecule has 2 aromatic rings. The summed E-state index contributed by atoms with van der Waals surface area (Å²) in [5.41, 5.74) is 0.886. The van der Waals surface area contributed by atoms with Crippen LogP contribution in [-0.2, 0) is 33.1 Å². The Bertz CT molecular complexity index is 900. The van der Waals surface area contributed by atoms with Gasteiger partial charge in [-0.25, -0.2) is 13.4 Å². The molecule has 0 spiro atoms. The number of hydrogen-bond acceptors (Lipinski definition) is 6. The average Bonchev–Trinajstić information content (AvgIpc) is 3.14. The molecule has 10 heteroatoms. The fourth-order valence-electron chi connectivity index (χ4n) is 3.36. The Morgan fingerprint density at radius 1 is 1.43 bits per heavy atom. The molecule has 1 aliphatic heterocycles. The summed E-state index contributed by atoms with van der Waals surface area (Å²) in [5.74, 6) is -0.173. The molecule has 0 N–H and O–H groups in total. The molecular weight excluding hydrogens is 382 g/mol. The van der Waals surface area contributed by atoms with Crippen LogP contribution in [0.4, 0.5) is 0 Å². The minimum absolute atomic E-state index is 0.0256. The van der Waals surface area contributed by atoms with Crippen LogP contribution in [0.2, 0.25) is 0 Å². The van der Waals surface area contributed by atoms with Gasteiger partial charge in [0.2, 0.25) is 5.91 Å². The number of aryl methyl sites for hydroxylation is 1. The molecule has 0 saturated carbocycles. The smallest absolute Gasteiger partial charge is 0.262 e. The van der Waals surface area contributed by atoms with Crippen LogP contribution in [0.25, 0.3) is 0 Å². The highest BCUT2D eigenvalue weighted by atomic mass is 32.2. The van der Waals surface area contributed by atoms with Gasteiger partial charge in [0.05, 0.1) is 6.33 Å². The van der Waals surface area contributed by atoms with Crippen molar-refractivity contribution < 1.29 is 17.9 Å². The van der Waals surface area contributed by atoms with Gasteiger partial charge in [-0.05, 0) is 24.5 Å². The predicted octanol–water partition coefficient (Wildman–Crippen LogP) is 0.643. The maximum Gasteiger partial charge on any atom is 0.262 e. The first-order valence-corrected chi connectivity index (χ1v) is 10.5. The summed E-state index contributed by atoms with van der Waals surface area (Å²) in [7, 11) is -0.501. The van der Waals surface area contributed by atoms with E-state index in [1.54, 1.807) is 28.9 Å². The van der Waals surface area contributed by atoms with E-state index in [4.69, 9.17) is 4.74 Å². The van der Waals surface area contributed by atoms with E-state index < -0.39 is 10.0 Å². The van der Waals surface area contributed by atoms with E-state index in [2.05, 4.69) is 9.97 Å². The zero-order valence-electron chi connectivity index (χ0n) is 16.1. The molecule has 0 aromatic carbocycles. The number of pyridine rings is 1. The van der Waals surface area contributed by atoms with Gasteiger partial charge >= 0.3 is 0 Å². The largest absolute Gasteiger partial charge is 0.375 e. The minimum Gasteiger partial charge on any atom is -0.375 e. The molecule has 2 aromatic heterocycles. The standard InChI is InChI=1S/C18H25N5O4S/c1-21-12-17(20-14-21)28(25,26)22-8-4-6-16(11-22)23(18(24)13-27-2)10-15-5-3-7-19-9-15/h3,5,7,9,12,14,16H,4,6,8,10-11,13H2,1-2H3. The number of methoxy groups -OCH3 is 1. The third kappa shape index (κ3) is 4.57. The number of hydrogen-bond donors (Lipinski definition) is 0. The Morgan fingerprint density at radius 3 is 2.89 bits per heavy atom. The number of carbonyl (C=O) groups excluding carboxylic acids is 1. The third-order valence-corrected chi connectivity index (χ3v) is 6.50. The van der Waals surface area contributed by atoms with Crippen molar-refractivity contribution >= 4 is 15.9 Å². The Kier molecular flexibility index (Phi) is 6.42. The fraction of sp³-hybridized carbons (Fsp3) is 0.500. The van der Waals surface area contributed by atoms with Crippen molar-refractivity contribution in [2.24, 2.45) is 7.05 Å². The molecule has 1 atom stereocenters. The van der Waals surface area contributed by atoms with Crippen LogP contribution in [-0.4, -0.2) is 70.9 Å². The second-order valence-electron chi connectivity index (χ2n) is 6.85. The van der Waals surface area contributed by atoms with Crippen LogP contribution < -0.4 is 0 Å². The highest BCUT2D eigenvalue weighted by molar-refractivity contribution is 7.89. The number of sulfonamides is 1. The van der Waals surface area contributed by atoms with Crippen LogP contribution in [0.15, 0.2) is 42.1 Å². The normalized spacial score (nSPS) is 18.1. The Morgan fingerprint density at radius 2 is 2.25 bits per heavy atom. The van der Waals surface area contributed by atoms with Crippen molar-refractivity contribution in [1.29, 1.82) is 0 Å². The predicted molar refractivity (Wildman–Crippen MR) is 102 cm³/mol. The molecular formula is C18H25N5O4S. The highest BCUT2D eigenvalue weighted by Gasteiger charge is 2.35. The van der Waals surface area contributed by atoms with Crippen LogP contribution in [0.3, 0.4) is 0 Å². The molecule has 0 aliphatic carbocycles. The molecule has 152 valence electrons. The molecule has 1 fully saturated rings. The average molecular weight is 407 g/mol. The number of carbonyl (C=O) groups is 1. The monoisotopic (exact) mass is 407 g/mol. The highest BCUT2D eigenvalue weighted by Crippen LogP contribution is 2.23. The summed E-state index contributed by atoms with van der Waals surface area (Å²) in [6, 6.07) is 3.47. The lowest BCUT2D eigenvalue weighted by Crippen LogP contribution is -2.52. The zero-order valence-corrected chi connectivity index (χ0v) is 16.9. The Balaban J connectivity index is 1.81. The molecule has 28 heavy (non-hydrogen) atoms. The van der Waals surface area contributed by atoms with E-state index in [0.717, 1.165) is 12.0 Å². The Hall–Kier alpha value is -2.30. The van der Waals surface area contributed by atoms with E-state index >= 15 is 0 Å². The Labute approximate surface area is 165 Å². The summed E-state index contributed by atoms with van der Waals surface area (Å²) < 4.78 is 33.9. The van der Waals surface area contributed by atoms with Crippen molar-refractivity contribution in [2.45, 2.75) is 30.5 Å². The summed E-state index contributed by atoms with van der Waals surface area (Å²) in [4.78, 5) is 22.5. The van der Waals surface area contributed by atoms with Crippen LogP contribution in [0.1, 0.15) is 18.4 Å². The number of amides is 1. The van der Waals surface area contributed by atoms with Gasteiger partial charge in [0.25, 0.3) is 10.0 Å². The minimum atomic E-state index is -3.70. The number of rotatable bonds is 7. The topological polar surface area (TPSA) is 97.6 Å². The molecule has 3 rings (SSSR count). The van der Waals surface area contributed by atoms with Crippen molar-refractivity contribution in [1.82, 2.24) is 23.7 Å². The lowest BCUT2D eigenvalue weighted by atomic mass is 10.0. The summed E-state index contributed by atoms with van der Waals surface area (Å²) in [6.45, 7) is 0.950. The van der Waals surface area contributed by atoms with Crippen molar-refractivity contribution in [3.05, 3.63) is 42.6 Å². The SMILES string of the molecule is COCC(=O)N(Cc1cccnc1)C1CCCN(S(=O)(=O)c2cn(C)cn2)C1. The van der Waals surface area contributed by atoms with Gasteiger partial charge in [-0.1, -0.05) is 6.07 Å². The van der Waals surface area contributed by atoms with Gasteiger partial charge in [0.1, 0.15) is 6.61 Å². The first-order chi connectivity index (χ1) is 13.4. The van der Waals surface area contributed by atoms with E-state index in [0.29, 0.717) is 19.5 Å². The summed E-state index contributed by atoms with van der Waals surface area (Å²) >= 11 is 0. The maximum absolute atomic E-state index is 12.9. The zero-order chi connectivity index (χ0) is 20.1. The second kappa shape index (κ2) is 8.80. The van der Waals surface area contributed by atoms with E-state index in [1.165, 1.54) is 23.9 Å². The third-order valence-electron chi connectivity index (χ3n) is 4.75. The lowest BCUT2D eigenvalue weighted by Gasteiger charge is -2.38. The van der Waals surface area contributed by atoms with Gasteiger partial charge in [-0.15, -0.1) is 0 Å². The summed E-state index contributed by atoms with van der Waals surface area (Å²) in [6.07, 6.45) is 7.73. The molecule has 1 unspecified atom stereocenters. The molecule has 0 bridgehead atoms.